The fraction of sp³-hybridized carbons (Fsp3) is 0.455. The van der Waals surface area contributed by atoms with Crippen LogP contribution < -0.4 is 5.32 Å². The van der Waals surface area contributed by atoms with Crippen LogP contribution in [0.3, 0.4) is 0 Å². The highest BCUT2D eigenvalue weighted by atomic mass is 32.2. The average Bonchev–Trinajstić information content (AvgIpc) is 2.18. The summed E-state index contributed by atoms with van der Waals surface area (Å²) in [6, 6.07) is 7.91. The van der Waals surface area contributed by atoms with Crippen LogP contribution >= 0.6 is 0 Å². The van der Waals surface area contributed by atoms with Crippen molar-refractivity contribution in [2.24, 2.45) is 0 Å². The number of nitrogens with one attached hydrogen (secondary N) is 1. The second-order valence-corrected chi connectivity index (χ2v) is 4.89. The summed E-state index contributed by atoms with van der Waals surface area (Å²) < 4.78 is 11.8. The van der Waals surface area contributed by atoms with Gasteiger partial charge in [0.05, 0.1) is 10.8 Å². The summed E-state index contributed by atoms with van der Waals surface area (Å²) in [5.41, 5.74) is 1.17. The first-order valence-electron chi connectivity index (χ1n) is 4.83. The Kier molecular flexibility index (Phi) is 4.84. The van der Waals surface area contributed by atoms with Crippen LogP contribution in [0.1, 0.15) is 12.0 Å². The van der Waals surface area contributed by atoms with E-state index in [9.17, 15) is 4.21 Å². The van der Waals surface area contributed by atoms with Crippen molar-refractivity contribution in [3.8, 4) is 0 Å². The van der Waals surface area contributed by atoms with E-state index in [1.54, 1.807) is 0 Å². The van der Waals surface area contributed by atoms with Gasteiger partial charge in [0.1, 0.15) is 0 Å². The molecule has 0 aromatic heterocycles. The molecule has 0 saturated heterocycles. The Morgan fingerprint density at radius 2 is 2.21 bits per heavy atom. The SMILES string of the molecule is CNCCCS(=O)c1cccc(C)c1. The molecule has 0 saturated carbocycles. The number of benzene rings is 1. The fourth-order valence-corrected chi connectivity index (χ4v) is 2.44. The quantitative estimate of drug-likeness (QED) is 0.751. The van der Waals surface area contributed by atoms with E-state index in [0.29, 0.717) is 0 Å². The summed E-state index contributed by atoms with van der Waals surface area (Å²) in [6.45, 7) is 2.95. The molecule has 0 aliphatic heterocycles. The smallest absolute Gasteiger partial charge is 0.0530 e. The van der Waals surface area contributed by atoms with Crippen molar-refractivity contribution in [2.45, 2.75) is 18.2 Å². The summed E-state index contributed by atoms with van der Waals surface area (Å²) >= 11 is 0. The largest absolute Gasteiger partial charge is 0.320 e. The van der Waals surface area contributed by atoms with Crippen molar-refractivity contribution in [1.29, 1.82) is 0 Å². The van der Waals surface area contributed by atoms with Crippen LogP contribution in [-0.4, -0.2) is 23.6 Å². The van der Waals surface area contributed by atoms with E-state index < -0.39 is 10.8 Å². The van der Waals surface area contributed by atoms with E-state index >= 15 is 0 Å². The lowest BCUT2D eigenvalue weighted by molar-refractivity contribution is 0.677. The Labute approximate surface area is 88.2 Å². The molecule has 1 rings (SSSR count). The molecule has 2 nitrogen and oxygen atoms in total. The Morgan fingerprint density at radius 1 is 1.43 bits per heavy atom. The Morgan fingerprint density at radius 3 is 2.86 bits per heavy atom. The van der Waals surface area contributed by atoms with Gasteiger partial charge in [-0.1, -0.05) is 12.1 Å². The van der Waals surface area contributed by atoms with Crippen molar-refractivity contribution in [1.82, 2.24) is 5.32 Å². The standard InChI is InChI=1S/C11H17NOS/c1-10-5-3-6-11(9-10)14(13)8-4-7-12-2/h3,5-6,9,12H,4,7-8H2,1-2H3. The number of hydrogen-bond acceptors (Lipinski definition) is 2. The normalized spacial score (nSPS) is 12.7. The molecule has 78 valence electrons. The molecule has 1 N–H and O–H groups in total. The lowest BCUT2D eigenvalue weighted by Gasteiger charge is -2.02. The van der Waals surface area contributed by atoms with Crippen LogP contribution in [0.4, 0.5) is 0 Å². The van der Waals surface area contributed by atoms with Crippen molar-refractivity contribution in [2.75, 3.05) is 19.3 Å². The summed E-state index contributed by atoms with van der Waals surface area (Å²) in [5.74, 6) is 0.740. The third-order valence-electron chi connectivity index (χ3n) is 2.01. The van der Waals surface area contributed by atoms with E-state index in [1.165, 1.54) is 5.56 Å². The van der Waals surface area contributed by atoms with E-state index in [2.05, 4.69) is 5.32 Å². The number of aryl methyl sites for hydroxylation is 1. The Balaban J connectivity index is 2.52. The van der Waals surface area contributed by atoms with E-state index in [0.717, 1.165) is 23.6 Å². The molecule has 1 aromatic rings. The highest BCUT2D eigenvalue weighted by Gasteiger charge is 2.02. The highest BCUT2D eigenvalue weighted by molar-refractivity contribution is 7.85. The van der Waals surface area contributed by atoms with Crippen LogP contribution in [0.2, 0.25) is 0 Å². The first kappa shape index (κ1) is 11.4. The van der Waals surface area contributed by atoms with E-state index in [1.807, 2.05) is 38.2 Å². The van der Waals surface area contributed by atoms with Gasteiger partial charge in [0.25, 0.3) is 0 Å². The van der Waals surface area contributed by atoms with Gasteiger partial charge in [-0.05, 0) is 44.6 Å². The minimum Gasteiger partial charge on any atom is -0.320 e. The topological polar surface area (TPSA) is 29.1 Å². The molecule has 1 unspecified atom stereocenters. The summed E-state index contributed by atoms with van der Waals surface area (Å²) in [7, 11) is 1.08. The van der Waals surface area contributed by atoms with Gasteiger partial charge in [0.2, 0.25) is 0 Å². The molecule has 14 heavy (non-hydrogen) atoms. The van der Waals surface area contributed by atoms with Gasteiger partial charge in [-0.3, -0.25) is 4.21 Å². The van der Waals surface area contributed by atoms with E-state index in [4.69, 9.17) is 0 Å². The van der Waals surface area contributed by atoms with Crippen LogP contribution in [0.25, 0.3) is 0 Å². The zero-order chi connectivity index (χ0) is 10.4. The molecule has 0 spiro atoms. The molecule has 1 aromatic carbocycles. The first-order valence-corrected chi connectivity index (χ1v) is 6.15. The van der Waals surface area contributed by atoms with Crippen LogP contribution in [0.15, 0.2) is 29.2 Å². The van der Waals surface area contributed by atoms with Gasteiger partial charge in [-0.2, -0.15) is 0 Å². The number of rotatable bonds is 5. The Hall–Kier alpha value is -0.670. The van der Waals surface area contributed by atoms with Crippen LogP contribution in [-0.2, 0) is 10.8 Å². The summed E-state index contributed by atoms with van der Waals surface area (Å²) in [5, 5.41) is 3.05. The van der Waals surface area contributed by atoms with Gasteiger partial charge >= 0.3 is 0 Å². The van der Waals surface area contributed by atoms with Gasteiger partial charge < -0.3 is 5.32 Å². The third kappa shape index (κ3) is 3.60. The van der Waals surface area contributed by atoms with Crippen LogP contribution in [0.5, 0.6) is 0 Å². The minimum atomic E-state index is -0.835. The molecule has 3 heteroatoms. The van der Waals surface area contributed by atoms with Gasteiger partial charge in [-0.15, -0.1) is 0 Å². The second kappa shape index (κ2) is 5.94. The molecule has 0 radical (unpaired) electrons. The lowest BCUT2D eigenvalue weighted by Crippen LogP contribution is -2.11. The molecule has 1 atom stereocenters. The van der Waals surface area contributed by atoms with Gasteiger partial charge in [0.15, 0.2) is 0 Å². The predicted octanol–water partition coefficient (Wildman–Crippen LogP) is 1.71. The maximum Gasteiger partial charge on any atom is 0.0530 e. The molecular weight excluding hydrogens is 194 g/mol. The average molecular weight is 211 g/mol. The molecule has 0 amide bonds. The lowest BCUT2D eigenvalue weighted by atomic mass is 10.2. The van der Waals surface area contributed by atoms with Crippen molar-refractivity contribution in [3.63, 3.8) is 0 Å². The first-order chi connectivity index (χ1) is 6.74. The highest BCUT2D eigenvalue weighted by Crippen LogP contribution is 2.09. The van der Waals surface area contributed by atoms with Crippen LogP contribution in [0, 0.1) is 6.92 Å². The third-order valence-corrected chi connectivity index (χ3v) is 3.45. The van der Waals surface area contributed by atoms with Crippen molar-refractivity contribution in [3.05, 3.63) is 29.8 Å². The Bertz CT molecular complexity index is 312. The molecule has 0 aliphatic rings. The second-order valence-electron chi connectivity index (χ2n) is 3.32. The summed E-state index contributed by atoms with van der Waals surface area (Å²) in [6.07, 6.45) is 0.955. The summed E-state index contributed by atoms with van der Waals surface area (Å²) in [4.78, 5) is 0.945. The molecule has 0 aliphatic carbocycles. The number of hydrogen-bond donors (Lipinski definition) is 1. The predicted molar refractivity (Wildman–Crippen MR) is 61.0 cm³/mol. The maximum absolute atomic E-state index is 11.8. The molecule has 0 fully saturated rings. The zero-order valence-corrected chi connectivity index (χ0v) is 9.56. The van der Waals surface area contributed by atoms with Crippen molar-refractivity contribution >= 4 is 10.8 Å². The fourth-order valence-electron chi connectivity index (χ4n) is 1.25. The molecule has 0 bridgehead atoms. The van der Waals surface area contributed by atoms with Crippen molar-refractivity contribution < 1.29 is 4.21 Å². The van der Waals surface area contributed by atoms with E-state index in [-0.39, 0.29) is 0 Å². The van der Waals surface area contributed by atoms with Gasteiger partial charge in [-0.25, -0.2) is 0 Å². The minimum absolute atomic E-state index is 0.740. The monoisotopic (exact) mass is 211 g/mol. The molecular formula is C11H17NOS. The molecule has 0 heterocycles. The van der Waals surface area contributed by atoms with Gasteiger partial charge in [0, 0.05) is 10.6 Å². The zero-order valence-electron chi connectivity index (χ0n) is 8.75. The maximum atomic E-state index is 11.8.